The number of amides is 2. The number of urea groups is 1. The number of para-hydroxylation sites is 1. The topological polar surface area (TPSA) is 46.1 Å². The smallest absolute Gasteiger partial charge is 0.319 e. The van der Waals surface area contributed by atoms with E-state index >= 15 is 0 Å². The zero-order chi connectivity index (χ0) is 18.8. The molecule has 0 saturated carbocycles. The average Bonchev–Trinajstić information content (AvgIpc) is 3.27. The summed E-state index contributed by atoms with van der Waals surface area (Å²) < 4.78 is 3.12. The maximum atomic E-state index is 12.4. The number of thiophene rings is 1. The van der Waals surface area contributed by atoms with Gasteiger partial charge in [0.2, 0.25) is 0 Å². The van der Waals surface area contributed by atoms with Crippen molar-refractivity contribution in [1.29, 1.82) is 0 Å². The monoisotopic (exact) mass is 439 g/mol. The Kier molecular flexibility index (Phi) is 5.01. The fourth-order valence-corrected chi connectivity index (χ4v) is 4.52. The first-order valence-electron chi connectivity index (χ1n) is 8.54. The van der Waals surface area contributed by atoms with Gasteiger partial charge in [-0.3, -0.25) is 0 Å². The van der Waals surface area contributed by atoms with Gasteiger partial charge in [0, 0.05) is 40.2 Å². The number of carbonyl (C=O) groups excluding carboxylic acids is 1. The van der Waals surface area contributed by atoms with Crippen molar-refractivity contribution in [3.8, 4) is 10.6 Å². The van der Waals surface area contributed by atoms with Crippen LogP contribution in [0.4, 0.5) is 10.5 Å². The molecule has 0 radical (unpaired) electrons. The van der Waals surface area contributed by atoms with Gasteiger partial charge >= 0.3 is 6.03 Å². The molecule has 4 aromatic rings. The number of carbonyl (C=O) groups is 1. The van der Waals surface area contributed by atoms with Crippen LogP contribution in [0.3, 0.4) is 0 Å². The molecule has 0 aliphatic rings. The van der Waals surface area contributed by atoms with E-state index in [9.17, 15) is 4.79 Å². The summed E-state index contributed by atoms with van der Waals surface area (Å²) in [5.74, 6) is 0. The summed E-state index contributed by atoms with van der Waals surface area (Å²) in [7, 11) is 2.07. The van der Waals surface area contributed by atoms with Crippen LogP contribution in [-0.4, -0.2) is 10.6 Å². The van der Waals surface area contributed by atoms with E-state index in [0.29, 0.717) is 6.54 Å². The highest BCUT2D eigenvalue weighted by atomic mass is 79.9. The molecule has 0 spiro atoms. The van der Waals surface area contributed by atoms with Gasteiger partial charge in [-0.1, -0.05) is 46.3 Å². The van der Waals surface area contributed by atoms with Crippen LogP contribution in [0.15, 0.2) is 70.5 Å². The Morgan fingerprint density at radius 2 is 1.96 bits per heavy atom. The molecule has 4 nitrogen and oxygen atoms in total. The van der Waals surface area contributed by atoms with Crippen molar-refractivity contribution in [3.63, 3.8) is 0 Å². The molecule has 0 aliphatic carbocycles. The Balaban J connectivity index is 1.62. The third kappa shape index (κ3) is 3.63. The van der Waals surface area contributed by atoms with Crippen molar-refractivity contribution in [2.75, 3.05) is 5.32 Å². The quantitative estimate of drug-likeness (QED) is 0.402. The van der Waals surface area contributed by atoms with Crippen LogP contribution < -0.4 is 10.6 Å². The van der Waals surface area contributed by atoms with Gasteiger partial charge in [0.15, 0.2) is 0 Å². The number of nitrogens with zero attached hydrogens (tertiary/aromatic N) is 1. The van der Waals surface area contributed by atoms with Gasteiger partial charge in [0.25, 0.3) is 0 Å². The largest absolute Gasteiger partial charge is 0.343 e. The third-order valence-corrected chi connectivity index (χ3v) is 5.84. The highest BCUT2D eigenvalue weighted by Crippen LogP contribution is 2.35. The number of aromatic nitrogens is 1. The first-order valence-corrected chi connectivity index (χ1v) is 10.2. The summed E-state index contributed by atoms with van der Waals surface area (Å²) in [6.45, 7) is 0.453. The predicted molar refractivity (Wildman–Crippen MR) is 116 cm³/mol. The molecule has 2 aromatic heterocycles. The van der Waals surface area contributed by atoms with E-state index in [1.807, 2.05) is 36.4 Å². The van der Waals surface area contributed by atoms with Gasteiger partial charge in [0.1, 0.15) is 0 Å². The Morgan fingerprint density at radius 1 is 1.11 bits per heavy atom. The fraction of sp³-hybridized carbons (Fsp3) is 0.0952. The maximum absolute atomic E-state index is 12.4. The lowest BCUT2D eigenvalue weighted by Gasteiger charge is -2.10. The molecule has 2 amide bonds. The Morgan fingerprint density at radius 3 is 2.74 bits per heavy atom. The Hall–Kier alpha value is -2.57. The molecule has 0 unspecified atom stereocenters. The summed E-state index contributed by atoms with van der Waals surface area (Å²) in [5, 5.41) is 9.11. The molecular formula is C21H18BrN3OS. The summed E-state index contributed by atoms with van der Waals surface area (Å²) in [5.41, 5.74) is 4.18. The highest BCUT2D eigenvalue weighted by Gasteiger charge is 2.17. The minimum Gasteiger partial charge on any atom is -0.343 e. The van der Waals surface area contributed by atoms with Crippen molar-refractivity contribution in [1.82, 2.24) is 9.88 Å². The van der Waals surface area contributed by atoms with E-state index in [-0.39, 0.29) is 6.03 Å². The fourth-order valence-electron chi connectivity index (χ4n) is 3.29. The van der Waals surface area contributed by atoms with E-state index in [0.717, 1.165) is 32.3 Å². The first kappa shape index (κ1) is 17.8. The number of anilines is 1. The zero-order valence-corrected chi connectivity index (χ0v) is 17.1. The number of benzene rings is 2. The molecule has 2 heterocycles. The molecule has 4 rings (SSSR count). The van der Waals surface area contributed by atoms with Crippen LogP contribution in [0.2, 0.25) is 0 Å². The van der Waals surface area contributed by atoms with Crippen molar-refractivity contribution < 1.29 is 4.79 Å². The van der Waals surface area contributed by atoms with Crippen LogP contribution in [0.25, 0.3) is 21.5 Å². The Bertz CT molecular complexity index is 1100. The van der Waals surface area contributed by atoms with E-state index in [2.05, 4.69) is 67.8 Å². The van der Waals surface area contributed by atoms with Crippen LogP contribution in [0, 0.1) is 0 Å². The number of hydrogen-bond acceptors (Lipinski definition) is 2. The lowest BCUT2D eigenvalue weighted by atomic mass is 10.1. The highest BCUT2D eigenvalue weighted by molar-refractivity contribution is 9.10. The Labute approximate surface area is 170 Å². The summed E-state index contributed by atoms with van der Waals surface area (Å²) >= 11 is 5.12. The second-order valence-electron chi connectivity index (χ2n) is 6.20. The molecule has 0 aliphatic heterocycles. The lowest BCUT2D eigenvalue weighted by Crippen LogP contribution is -2.28. The number of aryl methyl sites for hydroxylation is 1. The second-order valence-corrected chi connectivity index (χ2v) is 8.06. The number of rotatable bonds is 4. The molecule has 2 N–H and O–H groups in total. The molecule has 27 heavy (non-hydrogen) atoms. The lowest BCUT2D eigenvalue weighted by molar-refractivity contribution is 0.252. The molecule has 0 bridgehead atoms. The SMILES string of the molecule is Cn1c(-c2cccs2)c(CNC(=O)Nc2cccc(Br)c2)c2ccccc21. The molecule has 136 valence electrons. The van der Waals surface area contributed by atoms with Gasteiger partial charge in [-0.15, -0.1) is 11.3 Å². The van der Waals surface area contributed by atoms with Gasteiger partial charge in [-0.2, -0.15) is 0 Å². The van der Waals surface area contributed by atoms with Crippen molar-refractivity contribution in [2.24, 2.45) is 7.05 Å². The number of fused-ring (bicyclic) bond motifs is 1. The maximum Gasteiger partial charge on any atom is 0.319 e. The van der Waals surface area contributed by atoms with Crippen LogP contribution in [0.5, 0.6) is 0 Å². The number of hydrogen-bond donors (Lipinski definition) is 2. The van der Waals surface area contributed by atoms with Gasteiger partial charge in [-0.05, 0) is 35.7 Å². The summed E-state index contributed by atoms with van der Waals surface area (Å²) in [6, 6.07) is 19.8. The van der Waals surface area contributed by atoms with Crippen LogP contribution in [-0.2, 0) is 13.6 Å². The first-order chi connectivity index (χ1) is 13.1. The molecule has 2 aromatic carbocycles. The molecule has 6 heteroatoms. The van der Waals surface area contributed by atoms with Gasteiger partial charge < -0.3 is 15.2 Å². The minimum absolute atomic E-state index is 0.224. The standard InChI is InChI=1S/C21H18BrN3OS/c1-25-18-9-3-2-8-16(18)17(20(25)19-10-5-11-27-19)13-23-21(26)24-15-7-4-6-14(22)12-15/h2-12H,13H2,1H3,(H2,23,24,26). The van der Waals surface area contributed by atoms with Crippen molar-refractivity contribution in [2.45, 2.75) is 6.54 Å². The van der Waals surface area contributed by atoms with Crippen molar-refractivity contribution >= 4 is 49.9 Å². The molecule has 0 atom stereocenters. The normalized spacial score (nSPS) is 10.9. The average molecular weight is 440 g/mol. The second kappa shape index (κ2) is 7.58. The van der Waals surface area contributed by atoms with Crippen LogP contribution >= 0.6 is 27.3 Å². The number of nitrogens with one attached hydrogen (secondary N) is 2. The van der Waals surface area contributed by atoms with E-state index < -0.39 is 0 Å². The third-order valence-electron chi connectivity index (χ3n) is 4.47. The van der Waals surface area contributed by atoms with Gasteiger partial charge in [-0.25, -0.2) is 4.79 Å². The van der Waals surface area contributed by atoms with E-state index in [4.69, 9.17) is 0 Å². The molecular weight excluding hydrogens is 422 g/mol. The zero-order valence-electron chi connectivity index (χ0n) is 14.7. The molecule has 0 fully saturated rings. The minimum atomic E-state index is -0.224. The van der Waals surface area contributed by atoms with E-state index in [1.165, 1.54) is 4.88 Å². The van der Waals surface area contributed by atoms with Crippen molar-refractivity contribution in [3.05, 3.63) is 76.1 Å². The van der Waals surface area contributed by atoms with Crippen LogP contribution in [0.1, 0.15) is 5.56 Å². The predicted octanol–water partition coefficient (Wildman–Crippen LogP) is 5.99. The van der Waals surface area contributed by atoms with Gasteiger partial charge in [0.05, 0.1) is 10.6 Å². The van der Waals surface area contributed by atoms with E-state index in [1.54, 1.807) is 11.3 Å². The summed E-state index contributed by atoms with van der Waals surface area (Å²) in [6.07, 6.45) is 0. The summed E-state index contributed by atoms with van der Waals surface area (Å²) in [4.78, 5) is 13.6. The number of halogens is 1. The molecule has 0 saturated heterocycles.